The maximum absolute atomic E-state index is 4.26. The van der Waals surface area contributed by atoms with Crippen molar-refractivity contribution in [2.45, 2.75) is 0 Å². The maximum Gasteiger partial charge on any atom is 0.179 e. The Hall–Kier alpha value is -1.49. The Bertz CT molecular complexity index is 575. The first kappa shape index (κ1) is 9.08. The average molecular weight is 251 g/mol. The van der Waals surface area contributed by atoms with Crippen molar-refractivity contribution in [3.8, 4) is 0 Å². The molecule has 3 rings (SSSR count). The Kier molecular flexibility index (Phi) is 2.17. The van der Waals surface area contributed by atoms with Crippen LogP contribution in [0, 0.1) is 0 Å². The lowest BCUT2D eigenvalue weighted by molar-refractivity contribution is 1.11. The minimum atomic E-state index is 0. The average Bonchev–Trinajstić information content (AvgIpc) is 2.65. The lowest BCUT2D eigenvalue weighted by Crippen LogP contribution is -1.88. The molecule has 1 aromatic carbocycles. The Balaban J connectivity index is 0.000000750. The van der Waals surface area contributed by atoms with Crippen molar-refractivity contribution in [2.24, 2.45) is 0 Å². The van der Waals surface area contributed by atoms with Gasteiger partial charge in [0.25, 0.3) is 0 Å². The zero-order chi connectivity index (χ0) is 8.67. The van der Waals surface area contributed by atoms with Gasteiger partial charge >= 0.3 is 0 Å². The number of hydrogen-bond donors (Lipinski definition) is 0. The lowest BCUT2D eigenvalue weighted by Gasteiger charge is -1.97. The molecular weight excluding hydrogens is 244 g/mol. The van der Waals surface area contributed by atoms with Gasteiger partial charge in [0.05, 0.1) is 17.2 Å². The number of rotatable bonds is 0. The van der Waals surface area contributed by atoms with Crippen LogP contribution in [0.25, 0.3) is 16.7 Å². The molecule has 2 heterocycles. The molecule has 4 nitrogen and oxygen atoms in total. The Labute approximate surface area is 90.4 Å². The van der Waals surface area contributed by atoms with Crippen LogP contribution >= 0.6 is 17.0 Å². The molecule has 70 valence electrons. The van der Waals surface area contributed by atoms with Crippen LogP contribution in [0.4, 0.5) is 0 Å². The van der Waals surface area contributed by atoms with Crippen LogP contribution < -0.4 is 0 Å². The van der Waals surface area contributed by atoms with E-state index in [9.17, 15) is 0 Å². The molecule has 0 atom stereocenters. The van der Waals surface area contributed by atoms with Crippen molar-refractivity contribution < 1.29 is 0 Å². The molecule has 3 aromatic rings. The van der Waals surface area contributed by atoms with Gasteiger partial charge in [-0.2, -0.15) is 0 Å². The molecule has 0 radical (unpaired) electrons. The van der Waals surface area contributed by atoms with Gasteiger partial charge in [0, 0.05) is 0 Å². The first-order valence-corrected chi connectivity index (χ1v) is 3.99. The third-order valence-electron chi connectivity index (χ3n) is 2.03. The standard InChI is InChI=1S/C9H6N4.BrH/c1-2-4-8-7(3-1)10-5-9-12-11-6-13(8)9;/h1-6H;1H. The first-order chi connectivity index (χ1) is 6.45. The van der Waals surface area contributed by atoms with Crippen molar-refractivity contribution in [3.63, 3.8) is 0 Å². The Morgan fingerprint density at radius 1 is 1.14 bits per heavy atom. The van der Waals surface area contributed by atoms with Gasteiger partial charge in [0.15, 0.2) is 5.65 Å². The van der Waals surface area contributed by atoms with Gasteiger partial charge in [0.1, 0.15) is 6.33 Å². The molecule has 0 aliphatic rings. The summed E-state index contributed by atoms with van der Waals surface area (Å²) >= 11 is 0. The summed E-state index contributed by atoms with van der Waals surface area (Å²) in [5, 5.41) is 7.74. The zero-order valence-electron chi connectivity index (χ0n) is 7.16. The van der Waals surface area contributed by atoms with Crippen LogP contribution in [0.1, 0.15) is 0 Å². The van der Waals surface area contributed by atoms with E-state index in [4.69, 9.17) is 0 Å². The van der Waals surface area contributed by atoms with E-state index in [-0.39, 0.29) is 17.0 Å². The molecule has 0 fully saturated rings. The summed E-state index contributed by atoms with van der Waals surface area (Å²) in [6, 6.07) is 7.91. The van der Waals surface area contributed by atoms with E-state index in [0.717, 1.165) is 16.7 Å². The summed E-state index contributed by atoms with van der Waals surface area (Å²) in [5.74, 6) is 0. The lowest BCUT2D eigenvalue weighted by atomic mass is 10.3. The number of halogens is 1. The van der Waals surface area contributed by atoms with Gasteiger partial charge in [-0.15, -0.1) is 27.2 Å². The number of fused-ring (bicyclic) bond motifs is 3. The number of para-hydroxylation sites is 2. The largest absolute Gasteiger partial charge is 0.279 e. The number of hydrogen-bond acceptors (Lipinski definition) is 3. The molecule has 0 spiro atoms. The van der Waals surface area contributed by atoms with Crippen molar-refractivity contribution in [3.05, 3.63) is 36.8 Å². The van der Waals surface area contributed by atoms with Crippen LogP contribution in [0.2, 0.25) is 0 Å². The van der Waals surface area contributed by atoms with Crippen LogP contribution in [-0.2, 0) is 0 Å². The van der Waals surface area contributed by atoms with Crippen LogP contribution in [0.15, 0.2) is 36.8 Å². The van der Waals surface area contributed by atoms with Crippen molar-refractivity contribution in [1.29, 1.82) is 0 Å². The van der Waals surface area contributed by atoms with Crippen molar-refractivity contribution >= 4 is 33.7 Å². The van der Waals surface area contributed by atoms with E-state index < -0.39 is 0 Å². The smallest absolute Gasteiger partial charge is 0.179 e. The van der Waals surface area contributed by atoms with Crippen LogP contribution in [-0.4, -0.2) is 19.6 Å². The number of aromatic nitrogens is 4. The van der Waals surface area contributed by atoms with E-state index in [1.807, 2.05) is 28.7 Å². The fourth-order valence-corrected chi connectivity index (χ4v) is 1.42. The van der Waals surface area contributed by atoms with E-state index in [1.54, 1.807) is 12.5 Å². The molecule has 0 aliphatic heterocycles. The van der Waals surface area contributed by atoms with Crippen molar-refractivity contribution in [2.75, 3.05) is 0 Å². The number of benzene rings is 1. The molecule has 0 aliphatic carbocycles. The molecule has 0 saturated heterocycles. The third kappa shape index (κ3) is 1.17. The quantitative estimate of drug-likeness (QED) is 0.612. The third-order valence-corrected chi connectivity index (χ3v) is 2.03. The summed E-state index contributed by atoms with van der Waals surface area (Å²) in [6.45, 7) is 0. The van der Waals surface area contributed by atoms with E-state index in [1.165, 1.54) is 0 Å². The highest BCUT2D eigenvalue weighted by molar-refractivity contribution is 8.93. The fourth-order valence-electron chi connectivity index (χ4n) is 1.42. The van der Waals surface area contributed by atoms with Crippen LogP contribution in [0.3, 0.4) is 0 Å². The number of nitrogens with zero attached hydrogens (tertiary/aromatic N) is 4. The summed E-state index contributed by atoms with van der Waals surface area (Å²) in [6.07, 6.45) is 3.41. The second-order valence-corrected chi connectivity index (χ2v) is 2.81. The van der Waals surface area contributed by atoms with E-state index in [0.29, 0.717) is 0 Å². The summed E-state index contributed by atoms with van der Waals surface area (Å²) in [4.78, 5) is 4.26. The molecule has 0 N–H and O–H groups in total. The molecule has 0 unspecified atom stereocenters. The minimum Gasteiger partial charge on any atom is -0.279 e. The molecule has 0 saturated carbocycles. The highest BCUT2D eigenvalue weighted by Gasteiger charge is 1.99. The minimum absolute atomic E-state index is 0. The monoisotopic (exact) mass is 250 g/mol. The second-order valence-electron chi connectivity index (χ2n) is 2.81. The topological polar surface area (TPSA) is 43.1 Å². The van der Waals surface area contributed by atoms with Gasteiger partial charge < -0.3 is 0 Å². The van der Waals surface area contributed by atoms with Gasteiger partial charge in [-0.25, -0.2) is 0 Å². The maximum atomic E-state index is 4.26. The summed E-state index contributed by atoms with van der Waals surface area (Å²) in [7, 11) is 0. The molecule has 0 amide bonds. The van der Waals surface area contributed by atoms with Crippen molar-refractivity contribution in [1.82, 2.24) is 19.6 Å². The molecule has 5 heteroatoms. The van der Waals surface area contributed by atoms with Gasteiger partial charge in [-0.3, -0.25) is 9.38 Å². The van der Waals surface area contributed by atoms with Gasteiger partial charge in [-0.1, -0.05) is 12.1 Å². The van der Waals surface area contributed by atoms with Crippen LogP contribution in [0.5, 0.6) is 0 Å². The molecule has 2 aromatic heterocycles. The highest BCUT2D eigenvalue weighted by atomic mass is 79.9. The van der Waals surface area contributed by atoms with Gasteiger partial charge in [-0.05, 0) is 12.1 Å². The predicted molar refractivity (Wildman–Crippen MR) is 58.6 cm³/mol. The molecule has 14 heavy (non-hydrogen) atoms. The summed E-state index contributed by atoms with van der Waals surface area (Å²) in [5.41, 5.74) is 2.76. The first-order valence-electron chi connectivity index (χ1n) is 3.99. The summed E-state index contributed by atoms with van der Waals surface area (Å²) < 4.78 is 1.92. The van der Waals surface area contributed by atoms with E-state index in [2.05, 4.69) is 15.2 Å². The fraction of sp³-hybridized carbons (Fsp3) is 0. The molecular formula is C9H7BrN4. The predicted octanol–water partition coefficient (Wildman–Crippen LogP) is 1.86. The Morgan fingerprint density at radius 3 is 2.93 bits per heavy atom. The SMILES string of the molecule is Br.c1ccc2c(c1)ncc1nncn12. The van der Waals surface area contributed by atoms with Gasteiger partial charge in [0.2, 0.25) is 0 Å². The Morgan fingerprint density at radius 2 is 2.00 bits per heavy atom. The normalized spacial score (nSPS) is 10.3. The zero-order valence-corrected chi connectivity index (χ0v) is 8.87. The molecule has 0 bridgehead atoms. The highest BCUT2D eigenvalue weighted by Crippen LogP contribution is 2.11. The second kappa shape index (κ2) is 3.34. The van der Waals surface area contributed by atoms with E-state index >= 15 is 0 Å².